The van der Waals surface area contributed by atoms with Crippen LogP contribution in [0.2, 0.25) is 5.02 Å². The minimum absolute atomic E-state index is 0.133. The van der Waals surface area contributed by atoms with Crippen LogP contribution in [0.3, 0.4) is 0 Å². The van der Waals surface area contributed by atoms with E-state index in [1.807, 2.05) is 18.2 Å². The lowest BCUT2D eigenvalue weighted by atomic mass is 9.95. The second-order valence-electron chi connectivity index (χ2n) is 6.86. The van der Waals surface area contributed by atoms with Gasteiger partial charge in [-0.3, -0.25) is 9.59 Å². The topological polar surface area (TPSA) is 67.4 Å². The quantitative estimate of drug-likeness (QED) is 0.469. The fourth-order valence-electron chi connectivity index (χ4n) is 3.33. The first-order chi connectivity index (χ1) is 14.1. The average Bonchev–Trinajstić information content (AvgIpc) is 3.08. The molecular weight excluding hydrogens is 408 g/mol. The number of hydrogen-bond donors (Lipinski definition) is 2. The van der Waals surface area contributed by atoms with Crippen molar-refractivity contribution < 1.29 is 14.3 Å². The summed E-state index contributed by atoms with van der Waals surface area (Å²) in [4.78, 5) is 26.5. The van der Waals surface area contributed by atoms with E-state index < -0.39 is 0 Å². The van der Waals surface area contributed by atoms with Crippen molar-refractivity contribution >= 4 is 45.8 Å². The summed E-state index contributed by atoms with van der Waals surface area (Å²) in [7, 11) is 1.64. The van der Waals surface area contributed by atoms with Crippen molar-refractivity contribution in [2.24, 2.45) is 0 Å². The van der Waals surface area contributed by atoms with E-state index in [0.717, 1.165) is 43.2 Å². The first-order valence-corrected chi connectivity index (χ1v) is 10.9. The second kappa shape index (κ2) is 10.6. The van der Waals surface area contributed by atoms with Crippen LogP contribution in [0.15, 0.2) is 30.3 Å². The Balaban J connectivity index is 1.75. The molecule has 0 radical (unpaired) electrons. The summed E-state index contributed by atoms with van der Waals surface area (Å²) in [6, 6.07) is 7.32. The summed E-state index contributed by atoms with van der Waals surface area (Å²) in [6.07, 6.45) is 7.87. The maximum Gasteiger partial charge on any atom is 0.254 e. The Hall–Kier alpha value is -2.15. The van der Waals surface area contributed by atoms with Crippen LogP contribution in [0.25, 0.3) is 6.08 Å². The third-order valence-electron chi connectivity index (χ3n) is 4.77. The number of halogens is 1. The number of carbonyl (C=O) groups excluding carboxylic acids is 2. The van der Waals surface area contributed by atoms with Gasteiger partial charge in [-0.25, -0.2) is 0 Å². The van der Waals surface area contributed by atoms with Gasteiger partial charge >= 0.3 is 0 Å². The Labute approximate surface area is 180 Å². The maximum atomic E-state index is 12.8. The van der Waals surface area contributed by atoms with Gasteiger partial charge in [-0.2, -0.15) is 0 Å². The number of fused-ring (bicyclic) bond motifs is 1. The molecule has 0 spiro atoms. The van der Waals surface area contributed by atoms with Gasteiger partial charge in [-0.05, 0) is 55.4 Å². The lowest BCUT2D eigenvalue weighted by Crippen LogP contribution is -2.27. The monoisotopic (exact) mass is 432 g/mol. The highest BCUT2D eigenvalue weighted by molar-refractivity contribution is 7.17. The highest BCUT2D eigenvalue weighted by Crippen LogP contribution is 2.38. The number of nitrogens with one attached hydrogen (secondary N) is 2. The van der Waals surface area contributed by atoms with Gasteiger partial charge in [0, 0.05) is 36.2 Å². The lowest BCUT2D eigenvalue weighted by molar-refractivity contribution is -0.111. The zero-order chi connectivity index (χ0) is 20.6. The molecule has 0 aliphatic heterocycles. The Kier molecular flexibility index (Phi) is 7.86. The fourth-order valence-corrected chi connectivity index (χ4v) is 4.82. The van der Waals surface area contributed by atoms with E-state index in [4.69, 9.17) is 16.3 Å². The third-order valence-corrected chi connectivity index (χ3v) is 6.32. The van der Waals surface area contributed by atoms with Crippen LogP contribution in [-0.4, -0.2) is 32.1 Å². The van der Waals surface area contributed by atoms with Crippen molar-refractivity contribution in [1.82, 2.24) is 5.32 Å². The lowest BCUT2D eigenvalue weighted by Gasteiger charge is -2.13. The molecule has 1 aromatic carbocycles. The Morgan fingerprint density at radius 3 is 2.83 bits per heavy atom. The normalized spacial score (nSPS) is 13.3. The molecule has 0 atom stereocenters. The molecule has 0 saturated heterocycles. The average molecular weight is 433 g/mol. The molecule has 154 valence electrons. The van der Waals surface area contributed by atoms with Crippen LogP contribution < -0.4 is 10.6 Å². The molecule has 0 unspecified atom stereocenters. The van der Waals surface area contributed by atoms with Gasteiger partial charge in [0.05, 0.1) is 5.56 Å². The van der Waals surface area contributed by atoms with Crippen molar-refractivity contribution in [2.45, 2.75) is 32.1 Å². The molecule has 5 nitrogen and oxygen atoms in total. The van der Waals surface area contributed by atoms with Crippen molar-refractivity contribution in [3.05, 3.63) is 56.9 Å². The van der Waals surface area contributed by atoms with Crippen LogP contribution >= 0.6 is 22.9 Å². The van der Waals surface area contributed by atoms with E-state index in [9.17, 15) is 9.59 Å². The molecule has 29 heavy (non-hydrogen) atoms. The molecule has 1 aromatic heterocycles. The number of carbonyl (C=O) groups is 2. The van der Waals surface area contributed by atoms with Crippen molar-refractivity contribution in [1.29, 1.82) is 0 Å². The van der Waals surface area contributed by atoms with Gasteiger partial charge in [0.2, 0.25) is 5.91 Å². The third kappa shape index (κ3) is 5.69. The number of amides is 2. The Morgan fingerprint density at radius 2 is 2.03 bits per heavy atom. The van der Waals surface area contributed by atoms with E-state index in [2.05, 4.69) is 10.6 Å². The molecule has 0 bridgehead atoms. The Morgan fingerprint density at radius 1 is 1.24 bits per heavy atom. The van der Waals surface area contributed by atoms with Gasteiger partial charge in [0.25, 0.3) is 5.91 Å². The standard InChI is InChI=1S/C22H25ClN2O3S/c1-28-14-6-13-24-21(27)20-16-8-3-5-10-18(16)29-22(20)25-19(26)12-11-15-7-2-4-9-17(15)23/h2,4,7,9,11-12H,3,5-6,8,10,13-14H2,1H3,(H,24,27)(H,25,26)/b12-11+. The zero-order valence-electron chi connectivity index (χ0n) is 16.4. The molecular formula is C22H25ClN2O3S. The fraction of sp³-hybridized carbons (Fsp3) is 0.364. The summed E-state index contributed by atoms with van der Waals surface area (Å²) < 4.78 is 5.03. The SMILES string of the molecule is COCCCNC(=O)c1c(NC(=O)/C=C/c2ccccc2Cl)sc2c1CCCC2. The molecule has 2 amide bonds. The highest BCUT2D eigenvalue weighted by atomic mass is 35.5. The minimum atomic E-state index is -0.281. The van der Waals surface area contributed by atoms with E-state index in [0.29, 0.717) is 28.7 Å². The second-order valence-corrected chi connectivity index (χ2v) is 8.37. The predicted molar refractivity (Wildman–Crippen MR) is 119 cm³/mol. The summed E-state index contributed by atoms with van der Waals surface area (Å²) in [5.41, 5.74) is 2.46. The molecule has 2 N–H and O–H groups in total. The zero-order valence-corrected chi connectivity index (χ0v) is 18.0. The van der Waals surface area contributed by atoms with Crippen molar-refractivity contribution in [3.8, 4) is 0 Å². The molecule has 0 fully saturated rings. The van der Waals surface area contributed by atoms with Gasteiger partial charge in [-0.1, -0.05) is 29.8 Å². The van der Waals surface area contributed by atoms with E-state index in [1.54, 1.807) is 19.3 Å². The summed E-state index contributed by atoms with van der Waals surface area (Å²) in [5, 5.41) is 7.06. The molecule has 2 aromatic rings. The largest absolute Gasteiger partial charge is 0.385 e. The van der Waals surface area contributed by atoms with E-state index in [-0.39, 0.29) is 11.8 Å². The molecule has 0 saturated carbocycles. The first kappa shape index (κ1) is 21.6. The molecule has 1 aliphatic carbocycles. The van der Waals surface area contributed by atoms with Crippen LogP contribution in [0.5, 0.6) is 0 Å². The molecule has 7 heteroatoms. The summed E-state index contributed by atoms with van der Waals surface area (Å²) in [6.45, 7) is 1.13. The van der Waals surface area contributed by atoms with Gasteiger partial charge in [0.15, 0.2) is 0 Å². The van der Waals surface area contributed by atoms with Gasteiger partial charge < -0.3 is 15.4 Å². The number of thiophene rings is 1. The van der Waals surface area contributed by atoms with E-state index in [1.165, 1.54) is 22.3 Å². The minimum Gasteiger partial charge on any atom is -0.385 e. The first-order valence-electron chi connectivity index (χ1n) is 9.75. The molecule has 1 aliphatic rings. The van der Waals surface area contributed by atoms with Crippen LogP contribution in [0.1, 0.15) is 45.6 Å². The predicted octanol–water partition coefficient (Wildman–Crippen LogP) is 4.70. The summed E-state index contributed by atoms with van der Waals surface area (Å²) >= 11 is 7.64. The van der Waals surface area contributed by atoms with Crippen molar-refractivity contribution in [3.63, 3.8) is 0 Å². The molecule has 1 heterocycles. The summed E-state index contributed by atoms with van der Waals surface area (Å²) in [5.74, 6) is -0.414. The number of rotatable bonds is 8. The van der Waals surface area contributed by atoms with Crippen LogP contribution in [-0.2, 0) is 22.4 Å². The number of ether oxygens (including phenoxy) is 1. The van der Waals surface area contributed by atoms with Gasteiger partial charge in [0.1, 0.15) is 5.00 Å². The highest BCUT2D eigenvalue weighted by Gasteiger charge is 2.25. The number of aryl methyl sites for hydroxylation is 1. The number of anilines is 1. The van der Waals surface area contributed by atoms with Crippen LogP contribution in [0, 0.1) is 0 Å². The molecule has 3 rings (SSSR count). The number of methoxy groups -OCH3 is 1. The van der Waals surface area contributed by atoms with E-state index >= 15 is 0 Å². The Bertz CT molecular complexity index is 907. The van der Waals surface area contributed by atoms with Gasteiger partial charge in [-0.15, -0.1) is 11.3 Å². The van der Waals surface area contributed by atoms with Crippen molar-refractivity contribution in [2.75, 3.05) is 25.6 Å². The number of hydrogen-bond acceptors (Lipinski definition) is 4. The maximum absolute atomic E-state index is 12.8. The number of benzene rings is 1. The smallest absolute Gasteiger partial charge is 0.254 e. The van der Waals surface area contributed by atoms with Crippen LogP contribution in [0.4, 0.5) is 5.00 Å².